The van der Waals surface area contributed by atoms with E-state index in [0.29, 0.717) is 39.0 Å². The van der Waals surface area contributed by atoms with Crippen molar-refractivity contribution in [2.45, 2.75) is 32.0 Å². The van der Waals surface area contributed by atoms with Crippen molar-refractivity contribution in [3.8, 4) is 0 Å². The van der Waals surface area contributed by atoms with E-state index in [2.05, 4.69) is 25.0 Å². The Morgan fingerprint density at radius 3 is 2.23 bits per heavy atom. The number of hydrogen-bond donors (Lipinski definition) is 1. The van der Waals surface area contributed by atoms with Crippen LogP contribution in [0.4, 0.5) is 10.2 Å². The molecule has 1 N–H and O–H groups in total. The number of carbonyl (C=O) groups excluding carboxylic acids is 1. The van der Waals surface area contributed by atoms with Gasteiger partial charge in [-0.3, -0.25) is 14.6 Å². The van der Waals surface area contributed by atoms with Gasteiger partial charge in [0.15, 0.2) is 0 Å². The molecule has 3 heterocycles. The van der Waals surface area contributed by atoms with Crippen LogP contribution in [0.15, 0.2) is 54.7 Å². The Morgan fingerprint density at radius 1 is 0.923 bits per heavy atom. The van der Waals surface area contributed by atoms with Crippen molar-refractivity contribution in [3.63, 3.8) is 0 Å². The summed E-state index contributed by atoms with van der Waals surface area (Å²) in [4.78, 5) is 24.4. The number of nitrogens with zero attached hydrogens (tertiary/aromatic N) is 4. The lowest BCUT2D eigenvalue weighted by molar-refractivity contribution is 0.0950. The van der Waals surface area contributed by atoms with Crippen LogP contribution in [0.1, 0.15) is 35.8 Å². The molecule has 0 aliphatic carbocycles. The average Bonchev–Trinajstić information content (AvgIpc) is 2.93. The molecule has 2 saturated heterocycles. The molecule has 6 nitrogen and oxygen atoms in total. The van der Waals surface area contributed by atoms with Crippen molar-refractivity contribution >= 4 is 46.5 Å². The molecule has 2 aliphatic heterocycles. The van der Waals surface area contributed by atoms with E-state index in [4.69, 9.17) is 34.8 Å². The van der Waals surface area contributed by atoms with Gasteiger partial charge < -0.3 is 10.2 Å². The maximum absolute atomic E-state index is 13.2. The topological polar surface area (TPSA) is 51.7 Å². The highest BCUT2D eigenvalue weighted by Crippen LogP contribution is 2.27. The quantitative estimate of drug-likeness (QED) is 0.357. The zero-order valence-electron chi connectivity index (χ0n) is 21.6. The average molecular weight is 593 g/mol. The summed E-state index contributed by atoms with van der Waals surface area (Å²) in [6, 6.07) is 14.2. The number of rotatable bonds is 7. The highest BCUT2D eigenvalue weighted by atomic mass is 35.5. The third-order valence-electron chi connectivity index (χ3n) is 7.47. The smallest absolute Gasteiger partial charge is 0.253 e. The molecule has 0 saturated carbocycles. The van der Waals surface area contributed by atoms with Crippen LogP contribution < -0.4 is 10.2 Å². The summed E-state index contributed by atoms with van der Waals surface area (Å²) in [7, 11) is 0. The van der Waals surface area contributed by atoms with Crippen molar-refractivity contribution in [3.05, 3.63) is 92.3 Å². The van der Waals surface area contributed by atoms with Crippen LogP contribution in [-0.4, -0.2) is 66.0 Å². The highest BCUT2D eigenvalue weighted by molar-refractivity contribution is 6.34. The molecule has 2 fully saturated rings. The molecule has 1 aromatic heterocycles. The van der Waals surface area contributed by atoms with E-state index in [1.165, 1.54) is 12.1 Å². The summed E-state index contributed by atoms with van der Waals surface area (Å²) in [6.07, 6.45) is 3.83. The molecular formula is C29H33Cl3FN5O. The summed E-state index contributed by atoms with van der Waals surface area (Å²) in [5, 5.41) is 4.37. The van der Waals surface area contributed by atoms with Gasteiger partial charge in [-0.05, 0) is 73.5 Å². The Balaban J connectivity index is 0.00000370. The number of nitrogens with one attached hydrogen (secondary N) is 1. The first kappa shape index (κ1) is 28.1. The molecule has 10 heteroatoms. The molecule has 1 amide bonds. The fourth-order valence-electron chi connectivity index (χ4n) is 5.37. The Hall–Kier alpha value is -2.42. The van der Waals surface area contributed by atoms with Crippen LogP contribution >= 0.6 is 34.8 Å². The summed E-state index contributed by atoms with van der Waals surface area (Å²) in [5.74, 6) is 0.261. The monoisotopic (exact) mass is 591 g/mol. The van der Waals surface area contributed by atoms with Gasteiger partial charge in [0.2, 0.25) is 0 Å². The lowest BCUT2D eigenvalue weighted by Gasteiger charge is -2.43. The molecule has 0 spiro atoms. The first-order valence-electron chi connectivity index (χ1n) is 13.2. The van der Waals surface area contributed by atoms with E-state index in [1.54, 1.807) is 30.5 Å². The van der Waals surface area contributed by atoms with Crippen molar-refractivity contribution in [2.24, 2.45) is 0 Å². The lowest BCUT2D eigenvalue weighted by atomic mass is 10.0. The molecule has 3 aromatic rings. The minimum atomic E-state index is -0.261. The second-order valence-electron chi connectivity index (χ2n) is 10.1. The number of piperazine rings is 1. The number of pyridine rings is 1. The van der Waals surface area contributed by atoms with E-state index in [-0.39, 0.29) is 13.2 Å². The van der Waals surface area contributed by atoms with Crippen LogP contribution in [0, 0.1) is 5.82 Å². The number of benzene rings is 2. The molecule has 208 valence electrons. The minimum Gasteiger partial charge on any atom is -0.353 e. The third-order valence-corrected chi connectivity index (χ3v) is 8.18. The zero-order valence-corrected chi connectivity index (χ0v) is 23.8. The van der Waals surface area contributed by atoms with Crippen molar-refractivity contribution in [1.82, 2.24) is 20.1 Å². The maximum atomic E-state index is 13.2. The molecular weight excluding hydrogens is 560 g/mol. The van der Waals surface area contributed by atoms with E-state index < -0.39 is 0 Å². The Labute approximate surface area is 245 Å². The number of anilines is 1. The van der Waals surface area contributed by atoms with E-state index >= 15 is 0 Å². The van der Waals surface area contributed by atoms with Crippen LogP contribution in [0.2, 0.25) is 15.1 Å². The fraction of sp³-hybridized carbons (Fsp3) is 0.379. The van der Waals surface area contributed by atoms with E-state index in [0.717, 1.165) is 69.8 Å². The Morgan fingerprint density at radius 2 is 1.59 bits per heavy atom. The van der Waals surface area contributed by atoms with Gasteiger partial charge in [0.1, 0.15) is 11.6 Å². The number of aromatic nitrogens is 1. The minimum absolute atomic E-state index is 0. The Kier molecular flexibility index (Phi) is 9.25. The fourth-order valence-corrected chi connectivity index (χ4v) is 6.23. The normalized spacial score (nSPS) is 17.4. The number of likely N-dealkylation sites (tertiary alicyclic amines) is 1. The van der Waals surface area contributed by atoms with Crippen LogP contribution in [0.5, 0.6) is 0 Å². The van der Waals surface area contributed by atoms with Gasteiger partial charge in [-0.15, -0.1) is 0 Å². The maximum Gasteiger partial charge on any atom is 0.253 e. The lowest BCUT2D eigenvalue weighted by Crippen LogP contribution is -2.53. The number of piperidine rings is 1. The van der Waals surface area contributed by atoms with Gasteiger partial charge in [-0.25, -0.2) is 9.37 Å². The number of halogens is 4. The number of amides is 1. The van der Waals surface area contributed by atoms with Crippen molar-refractivity contribution < 1.29 is 10.6 Å². The van der Waals surface area contributed by atoms with E-state index in [9.17, 15) is 9.18 Å². The van der Waals surface area contributed by atoms with Gasteiger partial charge in [0, 0.05) is 63.0 Å². The number of hydrogen-bond acceptors (Lipinski definition) is 5. The molecule has 0 unspecified atom stereocenters. The zero-order chi connectivity index (χ0) is 27.4. The van der Waals surface area contributed by atoms with Gasteiger partial charge in [0.25, 0.3) is 5.91 Å². The van der Waals surface area contributed by atoms with Crippen LogP contribution in [-0.2, 0) is 13.1 Å². The van der Waals surface area contributed by atoms with E-state index in [1.807, 2.05) is 12.1 Å². The van der Waals surface area contributed by atoms with Crippen LogP contribution in [0.3, 0.4) is 0 Å². The first-order valence-corrected chi connectivity index (χ1v) is 14.3. The standard InChI is InChI=1S/C29H31Cl3FN5O.H2/c30-23-13-21(14-24(31)16-23)17-35-29(39)22-15-27(32)28(34-18-22)38-11-9-37(10-12-38)26-5-7-36(8-6-26)19-20-1-3-25(33)4-2-20;/h1-4,13-16,18,26H,5-12,17,19H2,(H,35,39);1H. The SMILES string of the molecule is O=C(NCc1cc(Cl)cc(Cl)c1)c1cnc(N2CCN(C3CCN(Cc4ccc(F)cc4)CC3)CC2)c(Cl)c1.[HH]. The van der Waals surface area contributed by atoms with Gasteiger partial charge in [-0.2, -0.15) is 0 Å². The molecule has 39 heavy (non-hydrogen) atoms. The van der Waals surface area contributed by atoms with Gasteiger partial charge >= 0.3 is 0 Å². The predicted octanol–water partition coefficient (Wildman–Crippen LogP) is 6.14. The van der Waals surface area contributed by atoms with Crippen molar-refractivity contribution in [2.75, 3.05) is 44.2 Å². The molecule has 0 bridgehead atoms. The number of carbonyl (C=O) groups is 1. The van der Waals surface area contributed by atoms with Gasteiger partial charge in [0.05, 0.1) is 10.6 Å². The molecule has 0 radical (unpaired) electrons. The third kappa shape index (κ3) is 7.41. The van der Waals surface area contributed by atoms with Crippen LogP contribution in [0.25, 0.3) is 0 Å². The summed E-state index contributed by atoms with van der Waals surface area (Å²) < 4.78 is 13.2. The molecule has 2 aliphatic rings. The Bertz CT molecular complexity index is 1280. The molecule has 0 atom stereocenters. The molecule has 2 aromatic carbocycles. The first-order chi connectivity index (χ1) is 18.8. The largest absolute Gasteiger partial charge is 0.353 e. The molecule has 5 rings (SSSR count). The van der Waals surface area contributed by atoms with Crippen molar-refractivity contribution in [1.29, 1.82) is 0 Å². The summed E-state index contributed by atoms with van der Waals surface area (Å²) >= 11 is 18.7. The second kappa shape index (κ2) is 12.8. The van der Waals surface area contributed by atoms with Gasteiger partial charge in [-0.1, -0.05) is 46.9 Å². The predicted molar refractivity (Wildman–Crippen MR) is 157 cm³/mol. The summed E-state index contributed by atoms with van der Waals surface area (Å²) in [5.41, 5.74) is 2.37. The second-order valence-corrected chi connectivity index (χ2v) is 11.4. The highest BCUT2D eigenvalue weighted by Gasteiger charge is 2.28. The summed E-state index contributed by atoms with van der Waals surface area (Å²) in [6.45, 7) is 6.83.